The van der Waals surface area contributed by atoms with Crippen LogP contribution in [0.5, 0.6) is 0 Å². The molecular formula is C29H48Cl2N8O. The fourth-order valence-corrected chi connectivity index (χ4v) is 7.23. The molecule has 9 nitrogen and oxygen atoms in total. The van der Waals surface area contributed by atoms with E-state index < -0.39 is 0 Å². The van der Waals surface area contributed by atoms with Crippen LogP contribution in [0.4, 0.5) is 11.8 Å². The van der Waals surface area contributed by atoms with Gasteiger partial charge < -0.3 is 25.8 Å². The summed E-state index contributed by atoms with van der Waals surface area (Å²) in [6.45, 7) is 1.64. The van der Waals surface area contributed by atoms with Crippen LogP contribution in [0.15, 0.2) is 6.33 Å². The van der Waals surface area contributed by atoms with Crippen LogP contribution in [0.1, 0.15) is 109 Å². The van der Waals surface area contributed by atoms with E-state index >= 15 is 0 Å². The molecule has 3 aliphatic carbocycles. The number of nitrogens with zero attached hydrogens (tertiary/aromatic N) is 5. The lowest BCUT2D eigenvalue weighted by Crippen LogP contribution is -2.42. The third-order valence-electron chi connectivity index (χ3n) is 9.67. The molecule has 3 saturated carbocycles. The highest BCUT2D eigenvalue weighted by Crippen LogP contribution is 2.34. The van der Waals surface area contributed by atoms with E-state index in [0.29, 0.717) is 30.0 Å². The normalized spacial score (nSPS) is 24.6. The smallest absolute Gasteiger partial charge is 0.227 e. The van der Waals surface area contributed by atoms with Crippen LogP contribution in [0.3, 0.4) is 0 Å². The Labute approximate surface area is 251 Å². The van der Waals surface area contributed by atoms with E-state index in [4.69, 9.17) is 20.7 Å². The van der Waals surface area contributed by atoms with Gasteiger partial charge in [-0.15, -0.1) is 24.8 Å². The van der Waals surface area contributed by atoms with Gasteiger partial charge in [-0.2, -0.15) is 9.97 Å². The van der Waals surface area contributed by atoms with Crippen molar-refractivity contribution in [3.63, 3.8) is 0 Å². The van der Waals surface area contributed by atoms with Crippen molar-refractivity contribution in [2.75, 3.05) is 23.7 Å². The molecule has 0 spiro atoms. The van der Waals surface area contributed by atoms with E-state index in [-0.39, 0.29) is 30.9 Å². The molecule has 3 heterocycles. The highest BCUT2D eigenvalue weighted by Gasteiger charge is 2.27. The molecule has 1 saturated heterocycles. The van der Waals surface area contributed by atoms with Crippen LogP contribution in [0.2, 0.25) is 0 Å². The van der Waals surface area contributed by atoms with Crippen molar-refractivity contribution in [1.82, 2.24) is 24.4 Å². The second kappa shape index (κ2) is 14.4. The maximum Gasteiger partial charge on any atom is 0.227 e. The van der Waals surface area contributed by atoms with E-state index in [1.807, 2.05) is 6.33 Å². The predicted octanol–water partition coefficient (Wildman–Crippen LogP) is 5.84. The predicted molar refractivity (Wildman–Crippen MR) is 166 cm³/mol. The van der Waals surface area contributed by atoms with E-state index in [1.54, 1.807) is 0 Å². The number of hydrogen-bond acceptors (Lipinski definition) is 7. The van der Waals surface area contributed by atoms with Gasteiger partial charge in [0, 0.05) is 43.7 Å². The number of nitrogens with two attached hydrogens (primary N) is 1. The molecule has 2 aromatic heterocycles. The summed E-state index contributed by atoms with van der Waals surface area (Å²) >= 11 is 0. The molecule has 0 atom stereocenters. The molecule has 1 aliphatic heterocycles. The lowest BCUT2D eigenvalue weighted by molar-refractivity contribution is -0.132. The molecule has 4 N–H and O–H groups in total. The Morgan fingerprint density at radius 3 is 2.20 bits per heavy atom. The number of carbonyl (C=O) groups is 1. The molecule has 224 valence electrons. The lowest BCUT2D eigenvalue weighted by atomic mass is 9.92. The zero-order valence-corrected chi connectivity index (χ0v) is 25.4. The number of fused-ring (bicyclic) bond motifs is 1. The highest BCUT2D eigenvalue weighted by atomic mass is 35.5. The number of amides is 1. The van der Waals surface area contributed by atoms with Crippen LogP contribution >= 0.6 is 24.8 Å². The van der Waals surface area contributed by atoms with Gasteiger partial charge in [0.25, 0.3) is 0 Å². The summed E-state index contributed by atoms with van der Waals surface area (Å²) in [5.41, 5.74) is 7.94. The first-order valence-corrected chi connectivity index (χ1v) is 15.4. The molecular weight excluding hydrogens is 547 g/mol. The molecule has 4 fully saturated rings. The summed E-state index contributed by atoms with van der Waals surface area (Å²) in [5.74, 6) is 2.64. The van der Waals surface area contributed by atoms with E-state index in [2.05, 4.69) is 20.1 Å². The van der Waals surface area contributed by atoms with Crippen LogP contribution < -0.4 is 16.4 Å². The second-order valence-corrected chi connectivity index (χ2v) is 12.4. The van der Waals surface area contributed by atoms with E-state index in [1.165, 1.54) is 51.4 Å². The van der Waals surface area contributed by atoms with Crippen molar-refractivity contribution >= 4 is 53.7 Å². The van der Waals surface area contributed by atoms with Crippen molar-refractivity contribution in [2.24, 2.45) is 11.7 Å². The number of halogens is 2. The molecule has 0 aromatic carbocycles. The Balaban J connectivity index is 0.00000185. The monoisotopic (exact) mass is 594 g/mol. The summed E-state index contributed by atoms with van der Waals surface area (Å²) in [5, 5.41) is 7.35. The number of carbonyl (C=O) groups excluding carboxylic acids is 1. The molecule has 6 rings (SSSR count). The second-order valence-electron chi connectivity index (χ2n) is 12.4. The number of aromatic nitrogens is 4. The van der Waals surface area contributed by atoms with Crippen molar-refractivity contribution in [1.29, 1.82) is 0 Å². The third-order valence-corrected chi connectivity index (χ3v) is 9.67. The van der Waals surface area contributed by atoms with Crippen molar-refractivity contribution in [3.05, 3.63) is 6.33 Å². The van der Waals surface area contributed by atoms with Gasteiger partial charge in [-0.25, -0.2) is 4.98 Å². The molecule has 4 aliphatic rings. The van der Waals surface area contributed by atoms with E-state index in [9.17, 15) is 4.79 Å². The number of nitrogens with one attached hydrogen (secondary N) is 2. The Kier molecular flexibility index (Phi) is 11.2. The molecule has 2 aromatic rings. The molecule has 40 heavy (non-hydrogen) atoms. The largest absolute Gasteiger partial charge is 0.365 e. The number of hydrogen-bond donors (Lipinski definition) is 3. The van der Waals surface area contributed by atoms with Crippen LogP contribution in [-0.2, 0) is 4.79 Å². The Bertz CT molecular complexity index is 1090. The van der Waals surface area contributed by atoms with Gasteiger partial charge in [0.1, 0.15) is 0 Å². The summed E-state index contributed by atoms with van der Waals surface area (Å²) in [4.78, 5) is 29.7. The number of anilines is 2. The Morgan fingerprint density at radius 2 is 1.50 bits per heavy atom. The highest BCUT2D eigenvalue weighted by molar-refractivity contribution is 5.86. The molecule has 0 unspecified atom stereocenters. The first kappa shape index (κ1) is 31.1. The van der Waals surface area contributed by atoms with Crippen LogP contribution in [0, 0.1) is 5.92 Å². The van der Waals surface area contributed by atoms with Crippen LogP contribution in [-0.4, -0.2) is 61.5 Å². The number of rotatable bonds is 8. The molecule has 11 heteroatoms. The minimum Gasteiger partial charge on any atom is -0.365 e. The average molecular weight is 596 g/mol. The van der Waals surface area contributed by atoms with Crippen LogP contribution in [0.25, 0.3) is 11.2 Å². The maximum atomic E-state index is 12.8. The van der Waals surface area contributed by atoms with Crippen molar-refractivity contribution in [3.8, 4) is 0 Å². The van der Waals surface area contributed by atoms with Crippen molar-refractivity contribution < 1.29 is 4.79 Å². The quantitative estimate of drug-likeness (QED) is 0.351. The maximum absolute atomic E-state index is 12.8. The summed E-state index contributed by atoms with van der Waals surface area (Å²) in [7, 11) is 0. The standard InChI is InChI=1S/C29H46N8O.2ClH/c30-21-10-12-22(13-11-21)33-29-34-27(26-28(35-29)37(19-31-26)24-7-3-4-8-24)32-23-15-17-36(18-16-23)25(38)14-9-20-5-1-2-6-20;;/h19-24H,1-18,30H2,(H2,32,33,34,35);2*1H/t21-,22-;;. The van der Waals surface area contributed by atoms with E-state index in [0.717, 1.165) is 87.4 Å². The van der Waals surface area contributed by atoms with Gasteiger partial charge in [0.2, 0.25) is 11.9 Å². The van der Waals surface area contributed by atoms with Gasteiger partial charge in [0.05, 0.1) is 6.33 Å². The molecule has 0 radical (unpaired) electrons. The first-order valence-electron chi connectivity index (χ1n) is 15.4. The topological polar surface area (TPSA) is 114 Å². The summed E-state index contributed by atoms with van der Waals surface area (Å²) in [6.07, 6.45) is 20.1. The van der Waals surface area contributed by atoms with Crippen molar-refractivity contribution in [2.45, 2.75) is 127 Å². The van der Waals surface area contributed by atoms with Gasteiger partial charge >= 0.3 is 0 Å². The minimum atomic E-state index is 0. The fourth-order valence-electron chi connectivity index (χ4n) is 7.23. The van der Waals surface area contributed by atoms with Gasteiger partial charge in [-0.1, -0.05) is 38.5 Å². The van der Waals surface area contributed by atoms with Gasteiger partial charge in [-0.3, -0.25) is 4.79 Å². The lowest BCUT2D eigenvalue weighted by Gasteiger charge is -2.33. The minimum absolute atomic E-state index is 0. The first-order chi connectivity index (χ1) is 18.6. The third kappa shape index (κ3) is 7.32. The molecule has 1 amide bonds. The summed E-state index contributed by atoms with van der Waals surface area (Å²) in [6, 6.07) is 1.44. The number of likely N-dealkylation sites (tertiary alicyclic amines) is 1. The van der Waals surface area contributed by atoms with Gasteiger partial charge in [-0.05, 0) is 63.7 Å². The zero-order valence-electron chi connectivity index (χ0n) is 23.7. The Morgan fingerprint density at radius 1 is 0.850 bits per heavy atom. The number of piperidine rings is 1. The van der Waals surface area contributed by atoms with Gasteiger partial charge in [0.15, 0.2) is 17.0 Å². The SMILES string of the molecule is Cl.Cl.N[C@H]1CC[C@H](Nc2nc(NC3CCN(C(=O)CCC4CCCC4)CC3)c3ncn(C4CCCC4)c3n2)CC1. The molecule has 0 bridgehead atoms. The average Bonchev–Trinajstić information content (AvgIpc) is 3.71. The Hall–Kier alpha value is -1.84. The fraction of sp³-hybridized carbons (Fsp3) is 0.793. The zero-order chi connectivity index (χ0) is 25.9. The summed E-state index contributed by atoms with van der Waals surface area (Å²) < 4.78 is 2.28. The number of imidazole rings is 1.